The summed E-state index contributed by atoms with van der Waals surface area (Å²) in [6, 6.07) is 0. The molecule has 4 nitrogen and oxygen atoms in total. The van der Waals surface area contributed by atoms with Gasteiger partial charge in [0.25, 0.3) is 0 Å². The van der Waals surface area contributed by atoms with Crippen LogP contribution >= 0.6 is 46.4 Å². The fourth-order valence-electron chi connectivity index (χ4n) is 0.218. The zero-order chi connectivity index (χ0) is 5.66. The van der Waals surface area contributed by atoms with Crippen molar-refractivity contribution in [2.75, 3.05) is 0 Å². The molecule has 9 heavy (non-hydrogen) atoms. The van der Waals surface area contributed by atoms with Crippen LogP contribution in [0.5, 0.6) is 0 Å². The average Bonchev–Trinajstić information content (AvgIpc) is 1.62. The molecule has 54 valence electrons. The van der Waals surface area contributed by atoms with Crippen LogP contribution in [0, 0.1) is 0 Å². The molecule has 0 radical (unpaired) electrons. The molecule has 1 aromatic heterocycles. The van der Waals surface area contributed by atoms with Gasteiger partial charge in [0.05, 0.1) is 0 Å². The molecular weight excluding hydrogens is 215 g/mol. The zero-order valence-corrected chi connectivity index (χ0v) is 9.01. The number of aromatic amines is 3. The standard InChI is InChI=1S/ClH.H6N4P4/c;1-5-2-7-4-8-3-6-1/h1H;1-2,5-7H,(H,3,4). The average molecular weight is 222 g/mol. The SMILES string of the molecule is Cl.n1p[nH][pH][nH][pH][nH][pH]1. The molecule has 3 atom stereocenters. The molecule has 0 aliphatic heterocycles. The molecule has 3 unspecified atom stereocenters. The maximum Gasteiger partial charge on any atom is 0.138 e. The van der Waals surface area contributed by atoms with E-state index in [2.05, 4.69) is 18.0 Å². The number of hydrogen-bond donors (Lipinski definition) is 3. The lowest BCUT2D eigenvalue weighted by Gasteiger charge is -1.76. The van der Waals surface area contributed by atoms with Crippen molar-refractivity contribution in [3.05, 3.63) is 0 Å². The highest BCUT2D eigenvalue weighted by Gasteiger charge is 1.54. The van der Waals surface area contributed by atoms with E-state index in [4.69, 9.17) is 0 Å². The second-order valence-corrected chi connectivity index (χ2v) is 5.54. The van der Waals surface area contributed by atoms with Gasteiger partial charge in [-0.25, -0.2) is 0 Å². The van der Waals surface area contributed by atoms with Gasteiger partial charge in [-0.05, 0) is 0 Å². The summed E-state index contributed by atoms with van der Waals surface area (Å²) in [6.45, 7) is 0. The van der Waals surface area contributed by atoms with E-state index in [-0.39, 0.29) is 12.4 Å². The monoisotopic (exact) mass is 222 g/mol. The minimum Gasteiger partial charge on any atom is -0.314 e. The van der Waals surface area contributed by atoms with E-state index in [1.807, 2.05) is 0 Å². The molecule has 1 aromatic rings. The van der Waals surface area contributed by atoms with Crippen molar-refractivity contribution in [1.29, 1.82) is 0 Å². The van der Waals surface area contributed by atoms with Crippen LogP contribution in [0.15, 0.2) is 0 Å². The maximum atomic E-state index is 4.08. The van der Waals surface area contributed by atoms with E-state index in [1.165, 1.54) is 0 Å². The van der Waals surface area contributed by atoms with E-state index >= 15 is 0 Å². The minimum absolute atomic E-state index is 0. The molecule has 0 aliphatic carbocycles. The lowest BCUT2D eigenvalue weighted by atomic mass is 13.9. The van der Waals surface area contributed by atoms with Crippen LogP contribution in [0.3, 0.4) is 0 Å². The Balaban J connectivity index is 0.000000640. The Morgan fingerprint density at radius 3 is 3.00 bits per heavy atom. The highest BCUT2D eigenvalue weighted by Crippen LogP contribution is 2.01. The van der Waals surface area contributed by atoms with Gasteiger partial charge in [0.2, 0.25) is 0 Å². The molecular formula is H7ClN4P4. The summed E-state index contributed by atoms with van der Waals surface area (Å²) in [6.07, 6.45) is 0. The van der Waals surface area contributed by atoms with Crippen LogP contribution in [0.2, 0.25) is 0 Å². The second kappa shape index (κ2) is 6.81. The molecule has 0 amide bonds. The van der Waals surface area contributed by atoms with E-state index in [9.17, 15) is 0 Å². The molecule has 0 saturated heterocycles. The number of aromatic nitrogens is 4. The fourth-order valence-corrected chi connectivity index (χ4v) is 3.93. The number of H-pyrrole nitrogens is 3. The predicted octanol–water partition coefficient (Wildman–Crippen LogP) is 2.41. The highest BCUT2D eigenvalue weighted by molar-refractivity contribution is 7.43. The Labute approximate surface area is 64.9 Å². The summed E-state index contributed by atoms with van der Waals surface area (Å²) in [4.78, 5) is 0. The van der Waals surface area contributed by atoms with E-state index in [0.717, 1.165) is 8.51 Å². The Bertz CT molecular complexity index is 117. The normalized spacial score (nSPS) is 10.7. The molecule has 1 rings (SSSR count). The lowest BCUT2D eigenvalue weighted by molar-refractivity contribution is 1.69. The predicted molar refractivity (Wildman–Crippen MR) is 50.8 cm³/mol. The molecule has 0 bridgehead atoms. The van der Waals surface area contributed by atoms with Crippen molar-refractivity contribution in [2.45, 2.75) is 0 Å². The number of nitrogens with zero attached hydrogens (tertiary/aromatic N) is 1. The van der Waals surface area contributed by atoms with E-state index < -0.39 is 0 Å². The smallest absolute Gasteiger partial charge is 0.138 e. The first-order valence-electron chi connectivity index (χ1n) is 1.90. The molecule has 0 aromatic carbocycles. The molecule has 0 saturated carbocycles. The van der Waals surface area contributed by atoms with Crippen molar-refractivity contribution in [3.8, 4) is 0 Å². The van der Waals surface area contributed by atoms with Crippen molar-refractivity contribution >= 4 is 46.4 Å². The first-order valence-corrected chi connectivity index (χ1v) is 5.69. The first-order chi connectivity index (χ1) is 4.00. The number of rotatable bonds is 0. The molecule has 0 fully saturated rings. The third-order valence-corrected chi connectivity index (χ3v) is 4.04. The van der Waals surface area contributed by atoms with Gasteiger partial charge in [-0.1, -0.05) is 0 Å². The summed E-state index contributed by atoms with van der Waals surface area (Å²) in [5.74, 6) is 0. The zero-order valence-electron chi connectivity index (χ0n) is 4.30. The van der Waals surface area contributed by atoms with Gasteiger partial charge < -0.3 is 13.5 Å². The highest BCUT2D eigenvalue weighted by atomic mass is 35.5. The van der Waals surface area contributed by atoms with Gasteiger partial charge in [-0.2, -0.15) is 4.51 Å². The molecule has 3 N–H and O–H groups in total. The van der Waals surface area contributed by atoms with Crippen LogP contribution in [-0.4, -0.2) is 18.0 Å². The quantitative estimate of drug-likeness (QED) is 0.620. The number of nitrogens with one attached hydrogen (secondary N) is 3. The summed E-state index contributed by atoms with van der Waals surface area (Å²) < 4.78 is 13.5. The van der Waals surface area contributed by atoms with E-state index in [1.54, 1.807) is 0 Å². The minimum atomic E-state index is 0. The van der Waals surface area contributed by atoms with Crippen LogP contribution < -0.4 is 0 Å². The van der Waals surface area contributed by atoms with Gasteiger partial charge in [0, 0.05) is 25.5 Å². The van der Waals surface area contributed by atoms with Crippen LogP contribution in [0.1, 0.15) is 0 Å². The van der Waals surface area contributed by atoms with Crippen LogP contribution in [0.25, 0.3) is 0 Å². The number of halogens is 1. The second-order valence-electron chi connectivity index (χ2n) is 0.924. The third kappa shape index (κ3) is 5.15. The van der Waals surface area contributed by atoms with Gasteiger partial charge in [0.15, 0.2) is 0 Å². The van der Waals surface area contributed by atoms with Crippen molar-refractivity contribution in [3.63, 3.8) is 0 Å². The largest absolute Gasteiger partial charge is 0.314 e. The Hall–Kier alpha value is 0.690. The topological polar surface area (TPSA) is 60.3 Å². The van der Waals surface area contributed by atoms with Crippen LogP contribution in [-0.2, 0) is 0 Å². The van der Waals surface area contributed by atoms with Gasteiger partial charge in [-0.3, -0.25) is 0 Å². The molecule has 0 spiro atoms. The maximum absolute atomic E-state index is 4.08. The third-order valence-electron chi connectivity index (χ3n) is 0.449. The van der Waals surface area contributed by atoms with Gasteiger partial charge in [0.1, 0.15) is 8.51 Å². The Morgan fingerprint density at radius 1 is 1.22 bits per heavy atom. The first kappa shape index (κ1) is 9.69. The van der Waals surface area contributed by atoms with Gasteiger partial charge in [-0.15, -0.1) is 12.4 Å². The lowest BCUT2D eigenvalue weighted by Crippen LogP contribution is -1.47. The number of hydrogen-bond acceptors (Lipinski definition) is 1. The summed E-state index contributed by atoms with van der Waals surface area (Å²) in [7, 11) is 2.83. The Kier molecular flexibility index (Phi) is 7.33. The molecule has 0 aliphatic rings. The summed E-state index contributed by atoms with van der Waals surface area (Å²) in [5, 5.41) is 0. The molecule has 9 heteroatoms. The Morgan fingerprint density at radius 2 is 2.11 bits per heavy atom. The summed E-state index contributed by atoms with van der Waals surface area (Å²) >= 11 is 0. The van der Waals surface area contributed by atoms with Crippen LogP contribution in [0.4, 0.5) is 0 Å². The fraction of sp³-hybridized carbons (Fsp3) is 0. The molecule has 1 heterocycles. The van der Waals surface area contributed by atoms with Crippen molar-refractivity contribution in [1.82, 2.24) is 18.0 Å². The van der Waals surface area contributed by atoms with Crippen molar-refractivity contribution in [2.24, 2.45) is 0 Å². The summed E-state index contributed by atoms with van der Waals surface area (Å²) in [5.41, 5.74) is 0. The van der Waals surface area contributed by atoms with E-state index in [0.29, 0.717) is 25.5 Å². The van der Waals surface area contributed by atoms with Crippen molar-refractivity contribution < 1.29 is 0 Å². The van der Waals surface area contributed by atoms with Gasteiger partial charge >= 0.3 is 0 Å².